The summed E-state index contributed by atoms with van der Waals surface area (Å²) >= 11 is 5.46. The minimum absolute atomic E-state index is 0.440. The lowest BCUT2D eigenvalue weighted by atomic mass is 10.1. The van der Waals surface area contributed by atoms with E-state index in [1.807, 2.05) is 12.1 Å². The summed E-state index contributed by atoms with van der Waals surface area (Å²) in [5.74, 6) is 2.04. The largest absolute Gasteiger partial charge is 0.272 e. The van der Waals surface area contributed by atoms with Crippen molar-refractivity contribution in [1.29, 1.82) is 0 Å². The molecule has 4 heteroatoms. The van der Waals surface area contributed by atoms with E-state index in [4.69, 9.17) is 12.2 Å². The average Bonchev–Trinajstić information content (AvgIpc) is 3.25. The van der Waals surface area contributed by atoms with Crippen LogP contribution < -0.4 is 0 Å². The van der Waals surface area contributed by atoms with Crippen LogP contribution in [0.5, 0.6) is 0 Å². The quantitative estimate of drug-likeness (QED) is 0.722. The fraction of sp³-hybridized carbons (Fsp3) is 0.222. The number of aromatic nitrogens is 3. The van der Waals surface area contributed by atoms with Crippen molar-refractivity contribution in [3.63, 3.8) is 0 Å². The van der Waals surface area contributed by atoms with E-state index in [1.165, 1.54) is 11.1 Å². The topological polar surface area (TPSA) is 33.6 Å². The van der Waals surface area contributed by atoms with E-state index in [2.05, 4.69) is 64.2 Å². The number of hydrogen-bond donors (Lipinski definition) is 1. The minimum Gasteiger partial charge on any atom is -0.272 e. The number of nitrogens with zero attached hydrogens (tertiary/aromatic N) is 2. The summed E-state index contributed by atoms with van der Waals surface area (Å²) in [6, 6.07) is 19.0. The number of hydrogen-bond acceptors (Lipinski definition) is 2. The van der Waals surface area contributed by atoms with Crippen LogP contribution in [0, 0.1) is 11.7 Å². The summed E-state index contributed by atoms with van der Waals surface area (Å²) in [6.07, 6.45) is 1.13. The second-order valence-corrected chi connectivity index (χ2v) is 6.25. The molecule has 1 heterocycles. The zero-order valence-corrected chi connectivity index (χ0v) is 13.2. The second-order valence-electron chi connectivity index (χ2n) is 5.87. The molecule has 0 bridgehead atoms. The molecule has 22 heavy (non-hydrogen) atoms. The van der Waals surface area contributed by atoms with Crippen LogP contribution >= 0.6 is 12.2 Å². The zero-order valence-electron chi connectivity index (χ0n) is 12.4. The van der Waals surface area contributed by atoms with Crippen LogP contribution in [0.1, 0.15) is 35.2 Å². The van der Waals surface area contributed by atoms with E-state index in [1.54, 1.807) is 0 Å². The maximum atomic E-state index is 5.46. The van der Waals surface area contributed by atoms with Gasteiger partial charge in [0.25, 0.3) is 0 Å². The van der Waals surface area contributed by atoms with Gasteiger partial charge in [-0.1, -0.05) is 48.5 Å². The smallest absolute Gasteiger partial charge is 0.199 e. The highest BCUT2D eigenvalue weighted by Gasteiger charge is 2.43. The molecule has 1 fully saturated rings. The Bertz CT molecular complexity index is 863. The maximum absolute atomic E-state index is 5.46. The molecule has 1 aliphatic carbocycles. The molecule has 2 atom stereocenters. The number of rotatable bonds is 3. The number of aromatic amines is 1. The SMILES string of the molecule is Cc1ccccc1-n1c(C2CC2c2ccccc2)n[nH]c1=S. The summed E-state index contributed by atoms with van der Waals surface area (Å²) in [5, 5.41) is 7.49. The van der Waals surface area contributed by atoms with Crippen LogP contribution in [0.25, 0.3) is 5.69 Å². The molecule has 3 nitrogen and oxygen atoms in total. The van der Waals surface area contributed by atoms with E-state index in [0.717, 1.165) is 17.9 Å². The van der Waals surface area contributed by atoms with E-state index < -0.39 is 0 Å². The molecular weight excluding hydrogens is 290 g/mol. The van der Waals surface area contributed by atoms with Crippen molar-refractivity contribution in [2.24, 2.45) is 0 Å². The molecule has 1 N–H and O–H groups in total. The van der Waals surface area contributed by atoms with Gasteiger partial charge in [-0.2, -0.15) is 5.10 Å². The normalized spacial score (nSPS) is 20.0. The molecule has 1 aliphatic rings. The second kappa shape index (κ2) is 5.21. The Kier molecular flexibility index (Phi) is 3.19. The van der Waals surface area contributed by atoms with E-state index in [0.29, 0.717) is 16.6 Å². The Labute approximate surface area is 134 Å². The third-order valence-corrected chi connectivity index (χ3v) is 4.68. The highest BCUT2D eigenvalue weighted by Crippen LogP contribution is 2.54. The molecule has 1 saturated carbocycles. The van der Waals surface area contributed by atoms with Crippen molar-refractivity contribution in [2.75, 3.05) is 0 Å². The first-order valence-electron chi connectivity index (χ1n) is 7.54. The van der Waals surface area contributed by atoms with Gasteiger partial charge in [0.05, 0.1) is 5.69 Å². The first kappa shape index (κ1) is 13.5. The molecule has 2 unspecified atom stereocenters. The lowest BCUT2D eigenvalue weighted by Crippen LogP contribution is -2.02. The average molecular weight is 307 g/mol. The summed E-state index contributed by atoms with van der Waals surface area (Å²) in [6.45, 7) is 2.11. The molecule has 110 valence electrons. The van der Waals surface area contributed by atoms with E-state index in [9.17, 15) is 0 Å². The van der Waals surface area contributed by atoms with Gasteiger partial charge in [0.2, 0.25) is 0 Å². The standard InChI is InChI=1S/C18H17N3S/c1-12-7-5-6-10-16(12)21-17(19-20-18(21)22)15-11-14(15)13-8-3-2-4-9-13/h2-10,14-15H,11H2,1H3,(H,20,22). The highest BCUT2D eigenvalue weighted by atomic mass is 32.1. The third kappa shape index (κ3) is 2.20. The molecule has 0 aliphatic heterocycles. The molecule has 0 radical (unpaired) electrons. The predicted octanol–water partition coefficient (Wildman–Crippen LogP) is 4.51. The zero-order chi connectivity index (χ0) is 15.1. The first-order valence-corrected chi connectivity index (χ1v) is 7.95. The van der Waals surface area contributed by atoms with Gasteiger partial charge in [-0.15, -0.1) is 0 Å². The van der Waals surface area contributed by atoms with Crippen LogP contribution in [0.3, 0.4) is 0 Å². The lowest BCUT2D eigenvalue weighted by Gasteiger charge is -2.09. The Morgan fingerprint density at radius 3 is 2.55 bits per heavy atom. The molecule has 0 amide bonds. The fourth-order valence-corrected chi connectivity index (χ4v) is 3.39. The van der Waals surface area contributed by atoms with Crippen molar-refractivity contribution in [2.45, 2.75) is 25.2 Å². The fourth-order valence-electron chi connectivity index (χ4n) is 3.15. The van der Waals surface area contributed by atoms with Crippen molar-refractivity contribution in [3.8, 4) is 5.69 Å². The lowest BCUT2D eigenvalue weighted by molar-refractivity contribution is 0.843. The highest BCUT2D eigenvalue weighted by molar-refractivity contribution is 7.71. The monoisotopic (exact) mass is 307 g/mol. The van der Waals surface area contributed by atoms with Crippen LogP contribution in [-0.4, -0.2) is 14.8 Å². The number of H-pyrrole nitrogens is 1. The molecule has 1 aromatic heterocycles. The van der Waals surface area contributed by atoms with Gasteiger partial charge in [-0.25, -0.2) is 0 Å². The molecule has 0 spiro atoms. The van der Waals surface area contributed by atoms with Crippen molar-refractivity contribution >= 4 is 12.2 Å². The molecule has 0 saturated heterocycles. The van der Waals surface area contributed by atoms with Gasteiger partial charge in [0.15, 0.2) is 4.77 Å². The summed E-state index contributed by atoms with van der Waals surface area (Å²) in [7, 11) is 0. The predicted molar refractivity (Wildman–Crippen MR) is 90.0 cm³/mol. The minimum atomic E-state index is 0.440. The van der Waals surface area contributed by atoms with Gasteiger partial charge >= 0.3 is 0 Å². The van der Waals surface area contributed by atoms with Gasteiger partial charge in [-0.3, -0.25) is 9.67 Å². The van der Waals surface area contributed by atoms with Gasteiger partial charge in [0.1, 0.15) is 5.82 Å². The van der Waals surface area contributed by atoms with Crippen LogP contribution in [-0.2, 0) is 0 Å². The number of benzene rings is 2. The van der Waals surface area contributed by atoms with E-state index >= 15 is 0 Å². The van der Waals surface area contributed by atoms with Crippen LogP contribution in [0.2, 0.25) is 0 Å². The Morgan fingerprint density at radius 2 is 1.77 bits per heavy atom. The Balaban J connectivity index is 1.74. The van der Waals surface area contributed by atoms with Crippen molar-refractivity contribution < 1.29 is 0 Å². The van der Waals surface area contributed by atoms with Crippen molar-refractivity contribution in [3.05, 3.63) is 76.3 Å². The van der Waals surface area contributed by atoms with Gasteiger partial charge < -0.3 is 0 Å². The summed E-state index contributed by atoms with van der Waals surface area (Å²) in [5.41, 5.74) is 3.71. The van der Waals surface area contributed by atoms with Crippen LogP contribution in [0.4, 0.5) is 0 Å². The first-order chi connectivity index (χ1) is 10.8. The maximum Gasteiger partial charge on any atom is 0.199 e. The number of para-hydroxylation sites is 1. The van der Waals surface area contributed by atoms with Crippen LogP contribution in [0.15, 0.2) is 54.6 Å². The van der Waals surface area contributed by atoms with Gasteiger partial charge in [-0.05, 0) is 48.7 Å². The third-order valence-electron chi connectivity index (χ3n) is 4.40. The molecular formula is C18H17N3S. The summed E-state index contributed by atoms with van der Waals surface area (Å²) in [4.78, 5) is 0. The van der Waals surface area contributed by atoms with E-state index in [-0.39, 0.29) is 0 Å². The van der Waals surface area contributed by atoms with Gasteiger partial charge in [0, 0.05) is 5.92 Å². The Hall–Kier alpha value is -2.20. The molecule has 3 aromatic rings. The molecule has 4 rings (SSSR count). The summed E-state index contributed by atoms with van der Waals surface area (Å²) < 4.78 is 2.76. The number of nitrogens with one attached hydrogen (secondary N) is 1. The van der Waals surface area contributed by atoms with Crippen molar-refractivity contribution in [1.82, 2.24) is 14.8 Å². The Morgan fingerprint density at radius 1 is 1.05 bits per heavy atom. The molecule has 2 aromatic carbocycles. The number of aryl methyl sites for hydroxylation is 1.